The summed E-state index contributed by atoms with van der Waals surface area (Å²) < 4.78 is 6.08. The Balaban J connectivity index is 1.18. The molecule has 0 aliphatic carbocycles. The number of hydrogen-bond acceptors (Lipinski definition) is 5. The highest BCUT2D eigenvalue weighted by molar-refractivity contribution is 6.35. The van der Waals surface area contributed by atoms with Crippen LogP contribution in [0.15, 0.2) is 84.9 Å². The van der Waals surface area contributed by atoms with Crippen LogP contribution in [-0.2, 0) is 4.79 Å². The SMILES string of the molecule is Cc1ccc(-c2ccccc2C(=O)Nc2ccc(C(=O)N(C)c3ccc(Cl)cc3OCCCCCC(=O)N3CCN(C)CC3)c(Cl)c2)cc1. The molecule has 1 fully saturated rings. The van der Waals surface area contributed by atoms with Crippen LogP contribution in [0.1, 0.15) is 52.0 Å². The number of carbonyl (C=O) groups is 3. The Bertz CT molecular complexity index is 1790. The predicted octanol–water partition coefficient (Wildman–Crippen LogP) is 8.21. The summed E-state index contributed by atoms with van der Waals surface area (Å²) in [6.45, 7) is 5.85. The first-order chi connectivity index (χ1) is 23.6. The number of nitrogens with one attached hydrogen (secondary N) is 1. The first-order valence-corrected chi connectivity index (χ1v) is 17.3. The monoisotopic (exact) mass is 700 g/mol. The zero-order valence-corrected chi connectivity index (χ0v) is 29.7. The molecule has 49 heavy (non-hydrogen) atoms. The number of nitrogens with zero attached hydrogens (tertiary/aromatic N) is 3. The van der Waals surface area contributed by atoms with E-state index in [9.17, 15) is 14.4 Å². The molecule has 0 saturated carbocycles. The van der Waals surface area contributed by atoms with Crippen molar-refractivity contribution in [2.75, 3.05) is 57.1 Å². The lowest BCUT2D eigenvalue weighted by Gasteiger charge is -2.32. The standard InChI is InChI=1S/C39H42Cl2N4O4/c1-27-12-14-28(15-13-27)31-9-6-7-10-32(31)38(47)42-30-17-18-33(34(41)26-30)39(48)44(3)35-19-16-29(40)25-36(35)49-24-8-4-5-11-37(46)45-22-20-43(2)21-23-45/h6-7,9-10,12-19,25-26H,4-5,8,11,20-24H2,1-3H3,(H,42,47). The van der Waals surface area contributed by atoms with Crippen LogP contribution in [0.3, 0.4) is 0 Å². The molecular weight excluding hydrogens is 659 g/mol. The van der Waals surface area contributed by atoms with Gasteiger partial charge in [0, 0.05) is 62.0 Å². The van der Waals surface area contributed by atoms with Crippen molar-refractivity contribution in [3.63, 3.8) is 0 Å². The molecule has 1 aliphatic heterocycles. The second kappa shape index (κ2) is 16.8. The lowest BCUT2D eigenvalue weighted by Crippen LogP contribution is -2.47. The number of unbranched alkanes of at least 4 members (excludes halogenated alkanes) is 2. The van der Waals surface area contributed by atoms with E-state index in [4.69, 9.17) is 27.9 Å². The zero-order chi connectivity index (χ0) is 34.9. The van der Waals surface area contributed by atoms with Crippen LogP contribution in [-0.4, -0.2) is 74.4 Å². The summed E-state index contributed by atoms with van der Waals surface area (Å²) in [5.41, 5.74) is 4.70. The average molecular weight is 702 g/mol. The van der Waals surface area contributed by atoms with Gasteiger partial charge in [-0.15, -0.1) is 0 Å². The molecule has 1 saturated heterocycles. The zero-order valence-electron chi connectivity index (χ0n) is 28.2. The number of ether oxygens (including phenoxy) is 1. The van der Waals surface area contributed by atoms with E-state index in [-0.39, 0.29) is 28.3 Å². The van der Waals surface area contributed by atoms with Crippen molar-refractivity contribution in [1.29, 1.82) is 0 Å². The molecule has 256 valence electrons. The molecular formula is C39H42Cl2N4O4. The molecule has 0 spiro atoms. The smallest absolute Gasteiger partial charge is 0.259 e. The van der Waals surface area contributed by atoms with Crippen molar-refractivity contribution < 1.29 is 19.1 Å². The molecule has 1 heterocycles. The van der Waals surface area contributed by atoms with Crippen molar-refractivity contribution in [3.05, 3.63) is 112 Å². The quantitative estimate of drug-likeness (QED) is 0.151. The van der Waals surface area contributed by atoms with Gasteiger partial charge in [0.05, 0.1) is 22.9 Å². The molecule has 5 rings (SSSR count). The van der Waals surface area contributed by atoms with Gasteiger partial charge in [0.1, 0.15) is 5.75 Å². The number of amides is 3. The molecule has 4 aromatic rings. The minimum absolute atomic E-state index is 0.198. The van der Waals surface area contributed by atoms with Crippen molar-refractivity contribution in [2.24, 2.45) is 0 Å². The highest BCUT2D eigenvalue weighted by Gasteiger charge is 2.22. The fourth-order valence-electron chi connectivity index (χ4n) is 5.75. The first kappa shape index (κ1) is 35.9. The van der Waals surface area contributed by atoms with Crippen LogP contribution in [0, 0.1) is 6.92 Å². The van der Waals surface area contributed by atoms with Crippen LogP contribution >= 0.6 is 23.2 Å². The summed E-state index contributed by atoms with van der Waals surface area (Å²) in [6.07, 6.45) is 2.94. The van der Waals surface area contributed by atoms with Gasteiger partial charge in [0.25, 0.3) is 11.8 Å². The molecule has 0 atom stereocenters. The molecule has 0 aromatic heterocycles. The molecule has 1 aliphatic rings. The Labute approximate surface area is 298 Å². The van der Waals surface area contributed by atoms with Gasteiger partial charge in [-0.2, -0.15) is 0 Å². The number of aryl methyl sites for hydroxylation is 1. The van der Waals surface area contributed by atoms with E-state index in [0.717, 1.165) is 62.1 Å². The lowest BCUT2D eigenvalue weighted by atomic mass is 9.98. The molecule has 0 bridgehead atoms. The Hall–Kier alpha value is -4.37. The summed E-state index contributed by atoms with van der Waals surface area (Å²) in [6, 6.07) is 25.4. The topological polar surface area (TPSA) is 82.2 Å². The Morgan fingerprint density at radius 2 is 1.57 bits per heavy atom. The van der Waals surface area contributed by atoms with Crippen molar-refractivity contribution >= 4 is 52.3 Å². The number of piperazine rings is 1. The number of halogens is 2. The molecule has 0 unspecified atom stereocenters. The fourth-order valence-corrected chi connectivity index (χ4v) is 6.18. The number of hydrogen-bond donors (Lipinski definition) is 1. The van der Waals surface area contributed by atoms with Crippen LogP contribution in [0.4, 0.5) is 11.4 Å². The first-order valence-electron chi connectivity index (χ1n) is 16.5. The molecule has 8 nitrogen and oxygen atoms in total. The van der Waals surface area contributed by atoms with E-state index >= 15 is 0 Å². The number of likely N-dealkylation sites (N-methyl/N-ethyl adjacent to an activating group) is 1. The normalized spacial score (nSPS) is 13.2. The second-order valence-electron chi connectivity index (χ2n) is 12.4. The molecule has 1 N–H and O–H groups in total. The third-order valence-corrected chi connectivity index (χ3v) is 9.28. The maximum Gasteiger partial charge on any atom is 0.259 e. The highest BCUT2D eigenvalue weighted by Crippen LogP contribution is 2.33. The number of rotatable bonds is 12. The van der Waals surface area contributed by atoms with E-state index in [1.807, 2.05) is 54.3 Å². The summed E-state index contributed by atoms with van der Waals surface area (Å²) in [5.74, 6) is 0.0584. The average Bonchev–Trinajstić information content (AvgIpc) is 3.10. The minimum Gasteiger partial charge on any atom is -0.491 e. The van der Waals surface area contributed by atoms with Gasteiger partial charge in [0.15, 0.2) is 0 Å². The molecule has 0 radical (unpaired) electrons. The minimum atomic E-state index is -0.345. The highest BCUT2D eigenvalue weighted by atomic mass is 35.5. The van der Waals surface area contributed by atoms with Crippen molar-refractivity contribution in [2.45, 2.75) is 32.6 Å². The maximum atomic E-state index is 13.6. The maximum absolute atomic E-state index is 13.6. The number of benzene rings is 4. The van der Waals surface area contributed by atoms with E-state index in [0.29, 0.717) is 40.7 Å². The van der Waals surface area contributed by atoms with Gasteiger partial charge in [0.2, 0.25) is 5.91 Å². The molecule has 10 heteroatoms. The summed E-state index contributed by atoms with van der Waals surface area (Å²) in [4.78, 5) is 45.1. The fraction of sp³-hybridized carbons (Fsp3) is 0.308. The van der Waals surface area contributed by atoms with Crippen LogP contribution in [0.25, 0.3) is 11.1 Å². The van der Waals surface area contributed by atoms with E-state index in [2.05, 4.69) is 17.3 Å². The summed E-state index contributed by atoms with van der Waals surface area (Å²) in [5, 5.41) is 3.60. The van der Waals surface area contributed by atoms with Gasteiger partial charge >= 0.3 is 0 Å². The Kier molecular flexibility index (Phi) is 12.3. The predicted molar refractivity (Wildman–Crippen MR) is 198 cm³/mol. The van der Waals surface area contributed by atoms with Gasteiger partial charge in [-0.3, -0.25) is 14.4 Å². The summed E-state index contributed by atoms with van der Waals surface area (Å²) >= 11 is 12.9. The van der Waals surface area contributed by atoms with E-state index in [1.54, 1.807) is 49.5 Å². The van der Waals surface area contributed by atoms with Crippen LogP contribution < -0.4 is 15.0 Å². The third kappa shape index (κ3) is 9.41. The lowest BCUT2D eigenvalue weighted by molar-refractivity contribution is -0.132. The van der Waals surface area contributed by atoms with Gasteiger partial charge < -0.3 is 24.8 Å². The van der Waals surface area contributed by atoms with Gasteiger partial charge in [-0.25, -0.2) is 0 Å². The van der Waals surface area contributed by atoms with Crippen molar-refractivity contribution in [1.82, 2.24) is 9.80 Å². The summed E-state index contributed by atoms with van der Waals surface area (Å²) in [7, 11) is 3.72. The van der Waals surface area contributed by atoms with Gasteiger partial charge in [-0.1, -0.05) is 71.2 Å². The van der Waals surface area contributed by atoms with E-state index in [1.165, 1.54) is 4.90 Å². The van der Waals surface area contributed by atoms with Crippen molar-refractivity contribution in [3.8, 4) is 16.9 Å². The van der Waals surface area contributed by atoms with E-state index < -0.39 is 0 Å². The van der Waals surface area contributed by atoms with Crippen LogP contribution in [0.5, 0.6) is 5.75 Å². The Morgan fingerprint density at radius 3 is 2.31 bits per heavy atom. The van der Waals surface area contributed by atoms with Gasteiger partial charge in [-0.05, 0) is 80.8 Å². The molecule has 3 amide bonds. The number of carbonyl (C=O) groups excluding carboxylic acids is 3. The second-order valence-corrected chi connectivity index (χ2v) is 13.2. The molecule has 4 aromatic carbocycles. The number of anilines is 2. The van der Waals surface area contributed by atoms with Crippen LogP contribution in [0.2, 0.25) is 10.0 Å². The largest absolute Gasteiger partial charge is 0.491 e. The Morgan fingerprint density at radius 1 is 0.837 bits per heavy atom. The third-order valence-electron chi connectivity index (χ3n) is 8.73.